The lowest BCUT2D eigenvalue weighted by atomic mass is 9.97. The fourth-order valence-electron chi connectivity index (χ4n) is 1.36. The van der Waals surface area contributed by atoms with Gasteiger partial charge < -0.3 is 5.32 Å². The second kappa shape index (κ2) is 4.27. The molecule has 1 aliphatic rings. The molecule has 13 heavy (non-hydrogen) atoms. The Balaban J connectivity index is 0.000000845. The second-order valence-electron chi connectivity index (χ2n) is 3.03. The lowest BCUT2D eigenvalue weighted by Gasteiger charge is -2.27. The van der Waals surface area contributed by atoms with Crippen LogP contribution >= 0.6 is 12.4 Å². The van der Waals surface area contributed by atoms with Gasteiger partial charge in [0, 0.05) is 6.04 Å². The first-order chi connectivity index (χ1) is 5.90. The van der Waals surface area contributed by atoms with Crippen LogP contribution in [0.1, 0.15) is 23.6 Å². The summed E-state index contributed by atoms with van der Waals surface area (Å²) in [5.41, 5.74) is 2.03. The number of benzene rings is 1. The molecule has 1 fully saturated rings. The molecule has 0 unspecified atom stereocenters. The van der Waals surface area contributed by atoms with Crippen molar-refractivity contribution in [1.82, 2.24) is 5.32 Å². The van der Waals surface area contributed by atoms with Gasteiger partial charge in [0.2, 0.25) is 0 Å². The van der Waals surface area contributed by atoms with Crippen LogP contribution in [-0.2, 0) is 0 Å². The molecule has 1 saturated heterocycles. The molecule has 1 aromatic carbocycles. The van der Waals surface area contributed by atoms with E-state index < -0.39 is 0 Å². The van der Waals surface area contributed by atoms with E-state index in [1.54, 1.807) is 0 Å². The molecule has 1 heterocycles. The first-order valence-electron chi connectivity index (χ1n) is 4.13. The summed E-state index contributed by atoms with van der Waals surface area (Å²) < 4.78 is 0. The van der Waals surface area contributed by atoms with Gasteiger partial charge in [0.1, 0.15) is 0 Å². The average molecular weight is 195 g/mol. The maximum atomic E-state index is 8.57. The Morgan fingerprint density at radius 3 is 2.31 bits per heavy atom. The van der Waals surface area contributed by atoms with Crippen molar-refractivity contribution in [3.8, 4) is 6.07 Å². The maximum absolute atomic E-state index is 8.57. The zero-order valence-corrected chi connectivity index (χ0v) is 7.97. The van der Waals surface area contributed by atoms with E-state index in [1.807, 2.05) is 24.3 Å². The number of nitriles is 1. The first kappa shape index (κ1) is 10.0. The summed E-state index contributed by atoms with van der Waals surface area (Å²) >= 11 is 0. The summed E-state index contributed by atoms with van der Waals surface area (Å²) in [7, 11) is 0. The molecule has 0 aliphatic carbocycles. The van der Waals surface area contributed by atoms with Gasteiger partial charge in [-0.2, -0.15) is 5.26 Å². The molecule has 0 radical (unpaired) electrons. The van der Waals surface area contributed by atoms with Crippen LogP contribution < -0.4 is 5.32 Å². The molecule has 1 aliphatic heterocycles. The Labute approximate surface area is 84.0 Å². The molecule has 2 nitrogen and oxygen atoms in total. The van der Waals surface area contributed by atoms with Crippen LogP contribution in [0.3, 0.4) is 0 Å². The largest absolute Gasteiger partial charge is 0.310 e. The molecule has 3 heteroatoms. The van der Waals surface area contributed by atoms with E-state index in [0.29, 0.717) is 6.04 Å². The quantitative estimate of drug-likeness (QED) is 0.743. The van der Waals surface area contributed by atoms with Crippen LogP contribution in [0.15, 0.2) is 24.3 Å². The van der Waals surface area contributed by atoms with Crippen molar-refractivity contribution < 1.29 is 0 Å². The van der Waals surface area contributed by atoms with Crippen molar-refractivity contribution in [2.24, 2.45) is 0 Å². The van der Waals surface area contributed by atoms with E-state index in [9.17, 15) is 0 Å². The summed E-state index contributed by atoms with van der Waals surface area (Å²) in [6.07, 6.45) is 1.21. The van der Waals surface area contributed by atoms with Crippen molar-refractivity contribution in [2.75, 3.05) is 6.54 Å². The van der Waals surface area contributed by atoms with Crippen LogP contribution in [0.4, 0.5) is 0 Å². The molecule has 2 rings (SSSR count). The van der Waals surface area contributed by atoms with Gasteiger partial charge in [-0.1, -0.05) is 12.1 Å². The van der Waals surface area contributed by atoms with Gasteiger partial charge in [-0.3, -0.25) is 0 Å². The third kappa shape index (κ3) is 2.00. The van der Waals surface area contributed by atoms with Gasteiger partial charge in [0.25, 0.3) is 0 Å². The Morgan fingerprint density at radius 2 is 1.92 bits per heavy atom. The highest BCUT2D eigenvalue weighted by Gasteiger charge is 2.17. The van der Waals surface area contributed by atoms with Crippen LogP contribution in [0.25, 0.3) is 0 Å². The number of halogens is 1. The van der Waals surface area contributed by atoms with Crippen molar-refractivity contribution in [3.63, 3.8) is 0 Å². The topological polar surface area (TPSA) is 35.8 Å². The van der Waals surface area contributed by atoms with Crippen LogP contribution in [0.5, 0.6) is 0 Å². The van der Waals surface area contributed by atoms with E-state index in [0.717, 1.165) is 12.1 Å². The number of nitrogens with zero attached hydrogens (tertiary/aromatic N) is 1. The molecule has 0 spiro atoms. The molecule has 1 aromatic rings. The van der Waals surface area contributed by atoms with E-state index >= 15 is 0 Å². The number of hydrogen-bond acceptors (Lipinski definition) is 2. The van der Waals surface area contributed by atoms with Gasteiger partial charge in [-0.15, -0.1) is 12.4 Å². The van der Waals surface area contributed by atoms with Gasteiger partial charge in [0.05, 0.1) is 11.6 Å². The average Bonchev–Trinajstić information content (AvgIpc) is 2.03. The van der Waals surface area contributed by atoms with Crippen LogP contribution in [-0.4, -0.2) is 6.54 Å². The van der Waals surface area contributed by atoms with E-state index in [1.165, 1.54) is 12.0 Å². The second-order valence-corrected chi connectivity index (χ2v) is 3.03. The molecular weight excluding hydrogens is 184 g/mol. The Morgan fingerprint density at radius 1 is 1.31 bits per heavy atom. The monoisotopic (exact) mass is 194 g/mol. The molecule has 68 valence electrons. The van der Waals surface area contributed by atoms with Crippen LogP contribution in [0, 0.1) is 11.3 Å². The highest BCUT2D eigenvalue weighted by Crippen LogP contribution is 2.22. The van der Waals surface area contributed by atoms with Gasteiger partial charge in [-0.25, -0.2) is 0 Å². The third-order valence-electron chi connectivity index (χ3n) is 2.27. The standard InChI is InChI=1S/C10H10N2.ClH/c11-7-8-1-3-9(4-2-8)10-5-6-12-10;/h1-4,10,12H,5-6H2;1H/t10-;/m0./s1. The number of hydrogen-bond donors (Lipinski definition) is 1. The Bertz CT molecular complexity index is 309. The van der Waals surface area contributed by atoms with Crippen molar-refractivity contribution in [3.05, 3.63) is 35.4 Å². The number of nitrogens with one attached hydrogen (secondary N) is 1. The smallest absolute Gasteiger partial charge is 0.0991 e. The van der Waals surface area contributed by atoms with Crippen LogP contribution in [0.2, 0.25) is 0 Å². The van der Waals surface area contributed by atoms with Gasteiger partial charge in [-0.05, 0) is 30.7 Å². The molecular formula is C10H11ClN2. The molecule has 1 N–H and O–H groups in total. The third-order valence-corrected chi connectivity index (χ3v) is 2.27. The lowest BCUT2D eigenvalue weighted by molar-refractivity contribution is 0.383. The van der Waals surface area contributed by atoms with E-state index in [2.05, 4.69) is 11.4 Å². The predicted molar refractivity (Wildman–Crippen MR) is 53.8 cm³/mol. The summed E-state index contributed by atoms with van der Waals surface area (Å²) in [6, 6.07) is 10.4. The maximum Gasteiger partial charge on any atom is 0.0991 e. The minimum absolute atomic E-state index is 0. The van der Waals surface area contributed by atoms with Gasteiger partial charge in [0.15, 0.2) is 0 Å². The Hall–Kier alpha value is -1.04. The molecule has 0 bridgehead atoms. The summed E-state index contributed by atoms with van der Waals surface area (Å²) in [5, 5.41) is 11.9. The minimum atomic E-state index is 0. The highest BCUT2D eigenvalue weighted by molar-refractivity contribution is 5.85. The van der Waals surface area contributed by atoms with Crippen molar-refractivity contribution >= 4 is 12.4 Å². The molecule has 0 amide bonds. The lowest BCUT2D eigenvalue weighted by Crippen LogP contribution is -2.34. The fraction of sp³-hybridized carbons (Fsp3) is 0.300. The predicted octanol–water partition coefficient (Wildman–Crippen LogP) is 2.01. The molecule has 1 atom stereocenters. The number of rotatable bonds is 1. The zero-order valence-electron chi connectivity index (χ0n) is 7.16. The van der Waals surface area contributed by atoms with E-state index in [-0.39, 0.29) is 12.4 Å². The first-order valence-corrected chi connectivity index (χ1v) is 4.13. The fourth-order valence-corrected chi connectivity index (χ4v) is 1.36. The zero-order chi connectivity index (χ0) is 8.39. The Kier molecular flexibility index (Phi) is 3.30. The summed E-state index contributed by atoms with van der Waals surface area (Å²) in [5.74, 6) is 0. The molecule has 0 saturated carbocycles. The van der Waals surface area contributed by atoms with Crippen molar-refractivity contribution in [1.29, 1.82) is 5.26 Å². The highest BCUT2D eigenvalue weighted by atomic mass is 35.5. The van der Waals surface area contributed by atoms with E-state index in [4.69, 9.17) is 5.26 Å². The molecule has 0 aromatic heterocycles. The SMILES string of the molecule is Cl.N#Cc1ccc([C@@H]2CCN2)cc1. The summed E-state index contributed by atoms with van der Waals surface area (Å²) in [6.45, 7) is 1.12. The summed E-state index contributed by atoms with van der Waals surface area (Å²) in [4.78, 5) is 0. The van der Waals surface area contributed by atoms with Gasteiger partial charge >= 0.3 is 0 Å². The van der Waals surface area contributed by atoms with Crippen molar-refractivity contribution in [2.45, 2.75) is 12.5 Å². The minimum Gasteiger partial charge on any atom is -0.310 e. The normalized spacial score (nSPS) is 19.5.